The highest BCUT2D eigenvalue weighted by molar-refractivity contribution is 5.94. The number of alkyl halides is 3. The van der Waals surface area contributed by atoms with Gasteiger partial charge in [-0.2, -0.15) is 13.2 Å². The van der Waals surface area contributed by atoms with Crippen LogP contribution in [0.5, 0.6) is 5.75 Å². The Morgan fingerprint density at radius 3 is 2.30 bits per heavy atom. The number of carbonyl (C=O) groups is 2. The fourth-order valence-corrected chi connectivity index (χ4v) is 2.38. The number of rotatable bonds is 3. The van der Waals surface area contributed by atoms with E-state index in [4.69, 9.17) is 4.74 Å². The molecule has 1 aliphatic rings. The van der Waals surface area contributed by atoms with Crippen LogP contribution >= 0.6 is 0 Å². The van der Waals surface area contributed by atoms with Crippen molar-refractivity contribution in [3.63, 3.8) is 0 Å². The zero-order chi connectivity index (χ0) is 17.0. The second-order valence-corrected chi connectivity index (χ2v) is 5.20. The number of nitrogens with zero attached hydrogens (tertiary/aromatic N) is 2. The van der Waals surface area contributed by atoms with Crippen molar-refractivity contribution in [2.75, 3.05) is 33.3 Å². The molecule has 0 aromatic heterocycles. The Hall–Kier alpha value is -2.25. The first-order valence-electron chi connectivity index (χ1n) is 7.08. The molecule has 0 atom stereocenters. The van der Waals surface area contributed by atoms with Gasteiger partial charge in [0.25, 0.3) is 5.91 Å². The van der Waals surface area contributed by atoms with Crippen LogP contribution in [0.4, 0.5) is 13.2 Å². The SMILES string of the molecule is COc1cccc(C(=O)N2CCN(C(=O)CC(F)(F)F)CC2)c1. The largest absolute Gasteiger partial charge is 0.497 e. The Bertz CT molecular complexity index is 582. The van der Waals surface area contributed by atoms with Crippen LogP contribution in [0.15, 0.2) is 24.3 Å². The minimum atomic E-state index is -4.51. The molecule has 5 nitrogen and oxygen atoms in total. The Labute approximate surface area is 131 Å². The second kappa shape index (κ2) is 6.89. The minimum absolute atomic E-state index is 0.102. The molecule has 2 rings (SSSR count). The molecule has 8 heteroatoms. The summed E-state index contributed by atoms with van der Waals surface area (Å²) in [5.74, 6) is -0.632. The molecule has 0 saturated carbocycles. The number of piperazine rings is 1. The second-order valence-electron chi connectivity index (χ2n) is 5.20. The molecule has 2 amide bonds. The molecule has 0 aliphatic carbocycles. The molecule has 0 N–H and O–H groups in total. The average Bonchev–Trinajstić information content (AvgIpc) is 2.53. The van der Waals surface area contributed by atoms with Crippen molar-refractivity contribution in [2.45, 2.75) is 12.6 Å². The maximum atomic E-state index is 12.4. The van der Waals surface area contributed by atoms with Gasteiger partial charge in [-0.3, -0.25) is 9.59 Å². The summed E-state index contributed by atoms with van der Waals surface area (Å²) in [6, 6.07) is 6.65. The smallest absolute Gasteiger partial charge is 0.397 e. The molecule has 0 radical (unpaired) electrons. The summed E-state index contributed by atoms with van der Waals surface area (Å²) in [5.41, 5.74) is 0.444. The number of hydrogen-bond acceptors (Lipinski definition) is 3. The summed E-state index contributed by atoms with van der Waals surface area (Å²) >= 11 is 0. The molecule has 1 fully saturated rings. The third-order valence-corrected chi connectivity index (χ3v) is 3.59. The van der Waals surface area contributed by atoms with E-state index in [9.17, 15) is 22.8 Å². The number of hydrogen-bond donors (Lipinski definition) is 0. The van der Waals surface area contributed by atoms with Crippen molar-refractivity contribution in [2.24, 2.45) is 0 Å². The van der Waals surface area contributed by atoms with Gasteiger partial charge in [-0.05, 0) is 18.2 Å². The van der Waals surface area contributed by atoms with E-state index < -0.39 is 18.5 Å². The molecule has 1 saturated heterocycles. The lowest BCUT2D eigenvalue weighted by Crippen LogP contribution is -2.51. The maximum absolute atomic E-state index is 12.4. The van der Waals surface area contributed by atoms with Gasteiger partial charge in [0.1, 0.15) is 12.2 Å². The number of benzene rings is 1. The van der Waals surface area contributed by atoms with Gasteiger partial charge in [0.05, 0.1) is 7.11 Å². The van der Waals surface area contributed by atoms with Gasteiger partial charge in [0.15, 0.2) is 0 Å². The number of halogens is 3. The summed E-state index contributed by atoms with van der Waals surface area (Å²) in [6.07, 6.45) is -5.97. The first kappa shape index (κ1) is 17.1. The number of ether oxygens (including phenoxy) is 1. The van der Waals surface area contributed by atoms with Gasteiger partial charge >= 0.3 is 6.18 Å². The predicted molar refractivity (Wildman–Crippen MR) is 76.1 cm³/mol. The highest BCUT2D eigenvalue weighted by atomic mass is 19.4. The molecular formula is C15H17F3N2O3. The highest BCUT2D eigenvalue weighted by Crippen LogP contribution is 2.21. The normalized spacial score (nSPS) is 15.5. The van der Waals surface area contributed by atoms with Gasteiger partial charge in [-0.15, -0.1) is 0 Å². The topological polar surface area (TPSA) is 49.9 Å². The van der Waals surface area contributed by atoms with Crippen LogP contribution in [0.25, 0.3) is 0 Å². The van der Waals surface area contributed by atoms with Crippen LogP contribution in [0.1, 0.15) is 16.8 Å². The van der Waals surface area contributed by atoms with Gasteiger partial charge in [-0.25, -0.2) is 0 Å². The van der Waals surface area contributed by atoms with Gasteiger partial charge < -0.3 is 14.5 Å². The van der Waals surface area contributed by atoms with Crippen LogP contribution in [0.2, 0.25) is 0 Å². The van der Waals surface area contributed by atoms with Gasteiger partial charge in [0, 0.05) is 31.7 Å². The Morgan fingerprint density at radius 1 is 1.13 bits per heavy atom. The Kier molecular flexibility index (Phi) is 5.12. The summed E-state index contributed by atoms with van der Waals surface area (Å²) in [7, 11) is 1.49. The van der Waals surface area contributed by atoms with Gasteiger partial charge in [-0.1, -0.05) is 6.07 Å². The van der Waals surface area contributed by atoms with E-state index in [0.29, 0.717) is 11.3 Å². The van der Waals surface area contributed by atoms with Gasteiger partial charge in [0.2, 0.25) is 5.91 Å². The van der Waals surface area contributed by atoms with E-state index in [1.807, 2.05) is 0 Å². The third kappa shape index (κ3) is 4.61. The molecule has 1 heterocycles. The molecule has 23 heavy (non-hydrogen) atoms. The van der Waals surface area contributed by atoms with E-state index in [-0.39, 0.29) is 32.1 Å². The Morgan fingerprint density at radius 2 is 1.74 bits per heavy atom. The van der Waals surface area contributed by atoms with Crippen molar-refractivity contribution in [1.29, 1.82) is 0 Å². The van der Waals surface area contributed by atoms with E-state index in [1.54, 1.807) is 24.3 Å². The highest BCUT2D eigenvalue weighted by Gasteiger charge is 2.34. The monoisotopic (exact) mass is 330 g/mol. The fraction of sp³-hybridized carbons (Fsp3) is 0.467. The van der Waals surface area contributed by atoms with E-state index >= 15 is 0 Å². The summed E-state index contributed by atoms with van der Waals surface area (Å²) in [6.45, 7) is 0.620. The van der Waals surface area contributed by atoms with Crippen molar-refractivity contribution < 1.29 is 27.5 Å². The zero-order valence-electron chi connectivity index (χ0n) is 12.6. The van der Waals surface area contributed by atoms with Crippen molar-refractivity contribution in [3.05, 3.63) is 29.8 Å². The molecule has 0 spiro atoms. The zero-order valence-corrected chi connectivity index (χ0v) is 12.6. The van der Waals surface area contributed by atoms with Crippen molar-refractivity contribution >= 4 is 11.8 Å². The first-order chi connectivity index (χ1) is 10.8. The van der Waals surface area contributed by atoms with Crippen molar-refractivity contribution in [3.8, 4) is 5.75 Å². The average molecular weight is 330 g/mol. The van der Waals surface area contributed by atoms with Crippen LogP contribution in [-0.2, 0) is 4.79 Å². The lowest BCUT2D eigenvalue weighted by Gasteiger charge is -2.35. The molecule has 0 bridgehead atoms. The summed E-state index contributed by atoms with van der Waals surface area (Å²) in [4.78, 5) is 26.6. The molecule has 126 valence electrons. The molecule has 1 aromatic rings. The van der Waals surface area contributed by atoms with E-state index in [2.05, 4.69) is 0 Å². The standard InChI is InChI=1S/C15H17F3N2O3/c1-23-12-4-2-3-11(9-12)14(22)20-7-5-19(6-8-20)13(21)10-15(16,17)18/h2-4,9H,5-8,10H2,1H3. The lowest BCUT2D eigenvalue weighted by molar-refractivity contribution is -0.162. The lowest BCUT2D eigenvalue weighted by atomic mass is 10.1. The molecule has 1 aromatic carbocycles. The Balaban J connectivity index is 1.93. The molecule has 1 aliphatic heterocycles. The summed E-state index contributed by atoms with van der Waals surface area (Å²) < 4.78 is 41.8. The predicted octanol–water partition coefficient (Wildman–Crippen LogP) is 1.93. The maximum Gasteiger partial charge on any atom is 0.397 e. The van der Waals surface area contributed by atoms with Crippen LogP contribution < -0.4 is 4.74 Å². The minimum Gasteiger partial charge on any atom is -0.497 e. The first-order valence-corrected chi connectivity index (χ1v) is 7.08. The van der Waals surface area contributed by atoms with Crippen LogP contribution in [0.3, 0.4) is 0 Å². The fourth-order valence-electron chi connectivity index (χ4n) is 2.38. The van der Waals surface area contributed by atoms with Crippen LogP contribution in [0, 0.1) is 0 Å². The third-order valence-electron chi connectivity index (χ3n) is 3.59. The van der Waals surface area contributed by atoms with Crippen molar-refractivity contribution in [1.82, 2.24) is 9.80 Å². The molecule has 0 unspecified atom stereocenters. The molecular weight excluding hydrogens is 313 g/mol. The van der Waals surface area contributed by atoms with Crippen LogP contribution in [-0.4, -0.2) is 61.1 Å². The van der Waals surface area contributed by atoms with E-state index in [1.165, 1.54) is 12.0 Å². The number of carbonyl (C=O) groups excluding carboxylic acids is 2. The number of amides is 2. The number of methoxy groups -OCH3 is 1. The quantitative estimate of drug-likeness (QED) is 0.851. The summed E-state index contributed by atoms with van der Waals surface area (Å²) in [5, 5.41) is 0. The van der Waals surface area contributed by atoms with E-state index in [0.717, 1.165) is 4.90 Å².